The molecule has 4 aromatic heterocycles. The van der Waals surface area contributed by atoms with Crippen molar-refractivity contribution in [2.24, 2.45) is 21.8 Å². The summed E-state index contributed by atoms with van der Waals surface area (Å²) in [4.78, 5) is 57.2. The Morgan fingerprint density at radius 2 is 1.24 bits per heavy atom. The quantitative estimate of drug-likeness (QED) is 0.107. The first kappa shape index (κ1) is 41.4. The minimum Gasteiger partial charge on any atom is -0.492 e. The third-order valence-corrected chi connectivity index (χ3v) is 14.2. The van der Waals surface area contributed by atoms with E-state index in [1.165, 1.54) is 21.6 Å². The van der Waals surface area contributed by atoms with E-state index in [4.69, 9.17) is 9.47 Å². The Kier molecular flexibility index (Phi) is 11.9. The molecule has 0 spiro atoms. The zero-order valence-corrected chi connectivity index (χ0v) is 36.9. The first-order valence-corrected chi connectivity index (χ1v) is 23.0. The summed E-state index contributed by atoms with van der Waals surface area (Å²) in [7, 11) is 1.91. The third kappa shape index (κ3) is 8.08. The van der Waals surface area contributed by atoms with E-state index in [-0.39, 0.29) is 17.7 Å². The number of benzene rings is 2. The Hall–Kier alpha value is -6.00. The van der Waals surface area contributed by atoms with Crippen LogP contribution in [0.3, 0.4) is 0 Å². The molecule has 0 bridgehead atoms. The van der Waals surface area contributed by atoms with Gasteiger partial charge in [0.15, 0.2) is 0 Å². The number of carboxylic acids is 1. The van der Waals surface area contributed by atoms with Crippen LogP contribution in [0, 0.1) is 11.8 Å². The van der Waals surface area contributed by atoms with Crippen molar-refractivity contribution in [3.05, 3.63) is 80.1 Å². The summed E-state index contributed by atoms with van der Waals surface area (Å²) in [6, 6.07) is 8.23. The van der Waals surface area contributed by atoms with Gasteiger partial charge >= 0.3 is 5.97 Å². The molecule has 0 unspecified atom stereocenters. The van der Waals surface area contributed by atoms with Crippen LogP contribution in [0.15, 0.2) is 46.9 Å². The number of aryl methyl sites for hydroxylation is 2. The molecule has 2 atom stereocenters. The van der Waals surface area contributed by atoms with Crippen LogP contribution in [0.1, 0.15) is 83.2 Å². The summed E-state index contributed by atoms with van der Waals surface area (Å²) < 4.78 is 11.8. The highest BCUT2D eigenvalue weighted by Gasteiger charge is 2.32. The third-order valence-electron chi connectivity index (χ3n) is 11.9. The second-order valence-electron chi connectivity index (χ2n) is 15.9. The van der Waals surface area contributed by atoms with Gasteiger partial charge in [-0.3, -0.25) is 19.6 Å². The monoisotopic (exact) mass is 871 g/mol. The fourth-order valence-corrected chi connectivity index (χ4v) is 11.4. The molecule has 320 valence electrons. The lowest BCUT2D eigenvalue weighted by molar-refractivity contribution is -0.142. The van der Waals surface area contributed by atoms with E-state index in [9.17, 15) is 14.7 Å². The van der Waals surface area contributed by atoms with Gasteiger partial charge in [0.2, 0.25) is 5.91 Å². The van der Waals surface area contributed by atoms with Crippen LogP contribution in [0.25, 0.3) is 20.4 Å². The van der Waals surface area contributed by atoms with E-state index in [1.807, 2.05) is 50.4 Å². The summed E-state index contributed by atoms with van der Waals surface area (Å²) in [5.41, 5.74) is 8.70. The molecule has 10 rings (SSSR count). The standard InChI is InChI=1S/C25H29N5O2S.C21H20N4O3S/c1-4-8-30(3)25(31)15-6-7-18-21(11-15)33-24-22(18)23(27-14-28-24)29-19-9-16-12-26-13-17(16)10-20(19)32-5-2;1-2-28-16-6-13-9-22-8-12(13)5-15(16)25-19-18-14-4-3-11(21(26)27)7-17(14)29-20(18)24-10-23-19/h9-10,12,14-15H,4-8,11,13H2,1-3H3,(H,27,28,29);5-6,8,10-11H,2-4,7,9H2,1H3,(H,26,27)(H,23,24,25)/t15-;11-/m00/s1. The molecule has 2 aromatic carbocycles. The first-order valence-electron chi connectivity index (χ1n) is 21.3. The zero-order chi connectivity index (χ0) is 42.9. The number of fused-ring (bicyclic) bond motifs is 8. The highest BCUT2D eigenvalue weighted by atomic mass is 32.1. The number of aliphatic carboxylic acids is 1. The Morgan fingerprint density at radius 3 is 1.73 bits per heavy atom. The number of anilines is 4. The molecule has 2 aliphatic carbocycles. The van der Waals surface area contributed by atoms with Crippen molar-refractivity contribution in [2.75, 3.05) is 37.4 Å². The van der Waals surface area contributed by atoms with Crippen LogP contribution < -0.4 is 20.1 Å². The van der Waals surface area contributed by atoms with E-state index in [0.29, 0.717) is 39.1 Å². The number of carboxylic acid groups (broad SMARTS) is 1. The van der Waals surface area contributed by atoms with Gasteiger partial charge in [0.05, 0.1) is 54.4 Å². The van der Waals surface area contributed by atoms with Crippen molar-refractivity contribution >= 4 is 90.4 Å². The SMILES string of the molecule is CCCN(C)C(=O)[C@H]1CCc2c(sc3ncnc(Nc4cc5c(cc4OCC)CN=C5)c23)C1.CCOc1cc2c(cc1Nc1ncnc3sc4c(c13)CC[C@H](C(=O)O)C4)C=NC2. The molecule has 6 aromatic rings. The topological polar surface area (TPSA) is 176 Å². The van der Waals surface area contributed by atoms with Gasteiger partial charge in [0.1, 0.15) is 45.5 Å². The average Bonchev–Trinajstić information content (AvgIpc) is 4.08. The number of hydrogen-bond donors (Lipinski definition) is 3. The predicted octanol–water partition coefficient (Wildman–Crippen LogP) is 8.70. The second kappa shape index (κ2) is 17.8. The lowest BCUT2D eigenvalue weighted by Gasteiger charge is -2.26. The predicted molar refractivity (Wildman–Crippen MR) is 246 cm³/mol. The minimum atomic E-state index is -0.723. The minimum absolute atomic E-state index is 0.0482. The number of carbonyl (C=O) groups is 2. The van der Waals surface area contributed by atoms with Gasteiger partial charge in [0, 0.05) is 41.7 Å². The van der Waals surface area contributed by atoms with Crippen molar-refractivity contribution in [1.29, 1.82) is 0 Å². The lowest BCUT2D eigenvalue weighted by atomic mass is 9.87. The fraction of sp³-hybridized carbons (Fsp3) is 0.391. The van der Waals surface area contributed by atoms with Gasteiger partial charge in [-0.15, -0.1) is 22.7 Å². The highest BCUT2D eigenvalue weighted by molar-refractivity contribution is 7.19. The summed E-state index contributed by atoms with van der Waals surface area (Å²) in [5.74, 6) is 2.37. The Balaban J connectivity index is 0.000000159. The lowest BCUT2D eigenvalue weighted by Crippen LogP contribution is -2.35. The Labute approximate surface area is 367 Å². The van der Waals surface area contributed by atoms with Crippen molar-refractivity contribution in [2.45, 2.75) is 78.8 Å². The number of carbonyl (C=O) groups excluding carboxylic acids is 1. The fourth-order valence-electron chi connectivity index (χ4n) is 8.87. The van der Waals surface area contributed by atoms with Gasteiger partial charge in [-0.25, -0.2) is 19.9 Å². The van der Waals surface area contributed by atoms with Crippen LogP contribution in [0.2, 0.25) is 0 Å². The van der Waals surface area contributed by atoms with Gasteiger partial charge in [-0.2, -0.15) is 0 Å². The normalized spacial score (nSPS) is 16.8. The van der Waals surface area contributed by atoms with Crippen LogP contribution >= 0.6 is 22.7 Å². The maximum atomic E-state index is 12.9. The maximum absolute atomic E-state index is 12.9. The van der Waals surface area contributed by atoms with Gasteiger partial charge in [0.25, 0.3) is 0 Å². The number of hydrogen-bond acceptors (Lipinski definition) is 14. The van der Waals surface area contributed by atoms with Crippen molar-refractivity contribution in [3.8, 4) is 11.5 Å². The molecule has 1 amide bonds. The number of thiophene rings is 2. The van der Waals surface area contributed by atoms with Gasteiger partial charge in [-0.05, 0) is 116 Å². The summed E-state index contributed by atoms with van der Waals surface area (Å²) in [5, 5.41) is 18.4. The number of aromatic nitrogens is 4. The number of amides is 1. The number of nitrogens with zero attached hydrogens (tertiary/aromatic N) is 7. The molecule has 3 N–H and O–H groups in total. The smallest absolute Gasteiger partial charge is 0.306 e. The average molecular weight is 872 g/mol. The number of aliphatic imine (C=N–C) groups is 2. The molecular formula is C46H49N9O5S2. The maximum Gasteiger partial charge on any atom is 0.306 e. The molecule has 62 heavy (non-hydrogen) atoms. The molecule has 16 heteroatoms. The van der Waals surface area contributed by atoms with Crippen LogP contribution in [0.4, 0.5) is 23.0 Å². The van der Waals surface area contributed by atoms with Crippen molar-refractivity contribution in [1.82, 2.24) is 24.8 Å². The molecule has 2 aliphatic heterocycles. The molecule has 0 fully saturated rings. The number of nitrogens with one attached hydrogen (secondary N) is 2. The van der Waals surface area contributed by atoms with Gasteiger partial charge in [-0.1, -0.05) is 6.92 Å². The molecule has 4 aliphatic rings. The van der Waals surface area contributed by atoms with E-state index >= 15 is 0 Å². The van der Waals surface area contributed by atoms with Crippen LogP contribution in [-0.2, 0) is 48.4 Å². The van der Waals surface area contributed by atoms with E-state index in [0.717, 1.165) is 115 Å². The Bertz CT molecular complexity index is 2760. The summed E-state index contributed by atoms with van der Waals surface area (Å²) in [6.07, 6.45) is 12.4. The van der Waals surface area contributed by atoms with E-state index < -0.39 is 5.97 Å². The van der Waals surface area contributed by atoms with E-state index in [2.05, 4.69) is 59.6 Å². The molecule has 0 radical (unpaired) electrons. The molecule has 0 saturated heterocycles. The largest absolute Gasteiger partial charge is 0.492 e. The second-order valence-corrected chi connectivity index (χ2v) is 18.1. The molecule has 14 nitrogen and oxygen atoms in total. The van der Waals surface area contributed by atoms with E-state index in [1.54, 1.807) is 35.3 Å². The van der Waals surface area contributed by atoms with Crippen LogP contribution in [0.5, 0.6) is 11.5 Å². The first-order chi connectivity index (χ1) is 30.2. The Morgan fingerprint density at radius 1 is 0.742 bits per heavy atom. The molecular weight excluding hydrogens is 823 g/mol. The number of rotatable bonds is 12. The van der Waals surface area contributed by atoms with Gasteiger partial charge < -0.3 is 30.1 Å². The summed E-state index contributed by atoms with van der Waals surface area (Å²) in [6.45, 7) is 9.39. The molecule has 0 saturated carbocycles. The summed E-state index contributed by atoms with van der Waals surface area (Å²) >= 11 is 3.26. The highest BCUT2D eigenvalue weighted by Crippen LogP contribution is 2.44. The zero-order valence-electron chi connectivity index (χ0n) is 35.3. The number of ether oxygens (including phenoxy) is 2. The van der Waals surface area contributed by atoms with Crippen molar-refractivity contribution in [3.63, 3.8) is 0 Å². The van der Waals surface area contributed by atoms with Crippen LogP contribution in [-0.4, -0.2) is 81.1 Å². The van der Waals surface area contributed by atoms with Crippen molar-refractivity contribution < 1.29 is 24.2 Å². The molecule has 6 heterocycles.